The number of nitrogens with two attached hydrogens (primary N) is 1. The molecule has 4 heteroatoms. The molecule has 0 saturated heterocycles. The second-order valence-corrected chi connectivity index (χ2v) is 3.65. The van der Waals surface area contributed by atoms with Crippen LogP contribution in [-0.4, -0.2) is 16.1 Å². The minimum Gasteiger partial charge on any atom is -0.481 e. The highest BCUT2D eigenvalue weighted by molar-refractivity contribution is 5.74. The summed E-state index contributed by atoms with van der Waals surface area (Å²) in [6.45, 7) is 3.24. The van der Waals surface area contributed by atoms with E-state index in [0.29, 0.717) is 0 Å². The highest BCUT2D eigenvalue weighted by Crippen LogP contribution is 2.30. The second kappa shape index (κ2) is 3.22. The molecule has 0 aromatic carbocycles. The van der Waals surface area contributed by atoms with Crippen LogP contribution in [0.25, 0.3) is 0 Å². The molecule has 0 bridgehead atoms. The van der Waals surface area contributed by atoms with Crippen LogP contribution in [0.5, 0.6) is 0 Å². The predicted octanol–water partition coefficient (Wildman–Crippen LogP) is 1.13. The average molecular weight is 182 g/mol. The van der Waals surface area contributed by atoms with Gasteiger partial charge >= 0.3 is 5.97 Å². The largest absolute Gasteiger partial charge is 0.481 e. The number of aromatic amines is 1. The molecule has 1 heterocycles. The molecule has 0 spiro atoms. The monoisotopic (exact) mass is 182 g/mol. The first kappa shape index (κ1) is 9.80. The van der Waals surface area contributed by atoms with Gasteiger partial charge in [-0.3, -0.25) is 4.79 Å². The van der Waals surface area contributed by atoms with Gasteiger partial charge in [0.2, 0.25) is 0 Å². The minimum absolute atomic E-state index is 0.490. The van der Waals surface area contributed by atoms with Crippen LogP contribution in [0.1, 0.15) is 25.5 Å². The van der Waals surface area contributed by atoms with Crippen molar-refractivity contribution in [2.75, 3.05) is 0 Å². The Hall–Kier alpha value is -1.29. The number of carboxylic acids is 1. The Labute approximate surface area is 76.8 Å². The number of aromatic nitrogens is 1. The fourth-order valence-corrected chi connectivity index (χ4v) is 1.08. The summed E-state index contributed by atoms with van der Waals surface area (Å²) in [5.41, 5.74) is 5.69. The third kappa shape index (κ3) is 1.72. The van der Waals surface area contributed by atoms with Crippen LogP contribution in [0.15, 0.2) is 18.5 Å². The molecule has 72 valence electrons. The molecule has 1 aromatic heterocycles. The van der Waals surface area contributed by atoms with E-state index >= 15 is 0 Å². The van der Waals surface area contributed by atoms with Crippen LogP contribution in [-0.2, 0) is 4.79 Å². The van der Waals surface area contributed by atoms with Gasteiger partial charge in [0.25, 0.3) is 0 Å². The van der Waals surface area contributed by atoms with Crippen molar-refractivity contribution in [2.24, 2.45) is 11.1 Å². The maximum atomic E-state index is 10.9. The highest BCUT2D eigenvalue weighted by atomic mass is 16.4. The molecule has 1 aromatic rings. The topological polar surface area (TPSA) is 79.1 Å². The fraction of sp³-hybridized carbons (Fsp3) is 0.444. The average Bonchev–Trinajstić information content (AvgIpc) is 2.54. The van der Waals surface area contributed by atoms with Gasteiger partial charge in [-0.2, -0.15) is 0 Å². The molecule has 4 nitrogen and oxygen atoms in total. The Kier molecular flexibility index (Phi) is 2.43. The molecule has 0 aliphatic rings. The van der Waals surface area contributed by atoms with Crippen molar-refractivity contribution in [3.05, 3.63) is 24.0 Å². The van der Waals surface area contributed by atoms with Crippen molar-refractivity contribution in [3.63, 3.8) is 0 Å². The third-order valence-electron chi connectivity index (χ3n) is 2.31. The molecule has 4 N–H and O–H groups in total. The Balaban J connectivity index is 2.90. The molecular formula is C9H14N2O2. The molecule has 0 amide bonds. The molecule has 13 heavy (non-hydrogen) atoms. The molecule has 1 atom stereocenters. The van der Waals surface area contributed by atoms with Gasteiger partial charge < -0.3 is 15.8 Å². The number of hydrogen-bond donors (Lipinski definition) is 3. The highest BCUT2D eigenvalue weighted by Gasteiger charge is 2.35. The van der Waals surface area contributed by atoms with Gasteiger partial charge in [-0.15, -0.1) is 0 Å². The zero-order valence-electron chi connectivity index (χ0n) is 7.74. The number of carbonyl (C=O) groups is 1. The molecule has 1 rings (SSSR count). The minimum atomic E-state index is -0.942. The van der Waals surface area contributed by atoms with Crippen molar-refractivity contribution in [1.29, 1.82) is 0 Å². The van der Waals surface area contributed by atoms with Gasteiger partial charge in [-0.25, -0.2) is 0 Å². The van der Waals surface area contributed by atoms with E-state index in [-0.39, 0.29) is 0 Å². The predicted molar refractivity (Wildman–Crippen MR) is 49.1 cm³/mol. The summed E-state index contributed by atoms with van der Waals surface area (Å²) in [5, 5.41) is 8.92. The lowest BCUT2D eigenvalue weighted by Gasteiger charge is -2.26. The van der Waals surface area contributed by atoms with E-state index in [0.717, 1.165) is 5.56 Å². The van der Waals surface area contributed by atoms with E-state index in [1.807, 2.05) is 0 Å². The van der Waals surface area contributed by atoms with E-state index in [4.69, 9.17) is 10.8 Å². The Bertz CT molecular complexity index is 291. The summed E-state index contributed by atoms with van der Waals surface area (Å²) < 4.78 is 0. The first-order chi connectivity index (χ1) is 5.96. The van der Waals surface area contributed by atoms with Crippen molar-refractivity contribution in [3.8, 4) is 0 Å². The first-order valence-corrected chi connectivity index (χ1v) is 4.08. The van der Waals surface area contributed by atoms with E-state index in [1.54, 1.807) is 32.3 Å². The van der Waals surface area contributed by atoms with Gasteiger partial charge in [-0.05, 0) is 25.5 Å². The molecule has 0 saturated carbocycles. The molecule has 0 radical (unpaired) electrons. The summed E-state index contributed by atoms with van der Waals surface area (Å²) in [6.07, 6.45) is 3.45. The van der Waals surface area contributed by atoms with Gasteiger partial charge in [0.05, 0.1) is 5.41 Å². The Morgan fingerprint density at radius 2 is 2.31 bits per heavy atom. The van der Waals surface area contributed by atoms with Crippen molar-refractivity contribution < 1.29 is 9.90 Å². The number of nitrogens with one attached hydrogen (secondary N) is 1. The third-order valence-corrected chi connectivity index (χ3v) is 2.31. The van der Waals surface area contributed by atoms with E-state index in [9.17, 15) is 4.79 Å². The van der Waals surface area contributed by atoms with E-state index < -0.39 is 17.4 Å². The van der Waals surface area contributed by atoms with Gasteiger partial charge in [0, 0.05) is 18.4 Å². The van der Waals surface area contributed by atoms with Crippen LogP contribution < -0.4 is 5.73 Å². The van der Waals surface area contributed by atoms with E-state index in [1.165, 1.54) is 0 Å². The number of H-pyrrole nitrogens is 1. The van der Waals surface area contributed by atoms with Crippen molar-refractivity contribution in [2.45, 2.75) is 19.9 Å². The van der Waals surface area contributed by atoms with Gasteiger partial charge in [-0.1, -0.05) is 0 Å². The zero-order valence-corrected chi connectivity index (χ0v) is 7.74. The summed E-state index contributed by atoms with van der Waals surface area (Å²) in [5.74, 6) is -0.888. The number of rotatable bonds is 3. The lowest BCUT2D eigenvalue weighted by molar-refractivity contribution is -0.148. The van der Waals surface area contributed by atoms with Crippen molar-refractivity contribution >= 4 is 5.97 Å². The maximum absolute atomic E-state index is 10.9. The Morgan fingerprint density at radius 1 is 1.69 bits per heavy atom. The van der Waals surface area contributed by atoms with E-state index in [2.05, 4.69) is 4.98 Å². The normalized spacial score (nSPS) is 14.1. The second-order valence-electron chi connectivity index (χ2n) is 3.65. The first-order valence-electron chi connectivity index (χ1n) is 4.08. The molecule has 0 aliphatic carbocycles. The standard InChI is InChI=1S/C9H14N2O2/c1-9(2,8(12)13)7(10)6-3-4-11-5-6/h3-5,7,11H,10H2,1-2H3,(H,12,13). The summed E-state index contributed by atoms with van der Waals surface area (Å²) in [7, 11) is 0. The lowest BCUT2D eigenvalue weighted by Crippen LogP contribution is -2.36. The molecule has 0 aliphatic heterocycles. The molecule has 0 fully saturated rings. The number of aliphatic carboxylic acids is 1. The van der Waals surface area contributed by atoms with Crippen LogP contribution in [0.3, 0.4) is 0 Å². The van der Waals surface area contributed by atoms with Crippen molar-refractivity contribution in [1.82, 2.24) is 4.98 Å². The quantitative estimate of drug-likeness (QED) is 0.655. The van der Waals surface area contributed by atoms with Crippen LogP contribution in [0, 0.1) is 5.41 Å². The Morgan fingerprint density at radius 3 is 2.69 bits per heavy atom. The fourth-order valence-electron chi connectivity index (χ4n) is 1.08. The number of hydrogen-bond acceptors (Lipinski definition) is 2. The van der Waals surface area contributed by atoms with Gasteiger partial charge in [0.1, 0.15) is 0 Å². The summed E-state index contributed by atoms with van der Waals surface area (Å²) in [4.78, 5) is 13.7. The van der Waals surface area contributed by atoms with Gasteiger partial charge in [0.15, 0.2) is 0 Å². The number of carboxylic acid groups (broad SMARTS) is 1. The molecular weight excluding hydrogens is 168 g/mol. The maximum Gasteiger partial charge on any atom is 0.311 e. The molecule has 1 unspecified atom stereocenters. The van der Waals surface area contributed by atoms with Crippen LogP contribution in [0.2, 0.25) is 0 Å². The summed E-state index contributed by atoms with van der Waals surface area (Å²) >= 11 is 0. The van der Waals surface area contributed by atoms with Crippen LogP contribution in [0.4, 0.5) is 0 Å². The zero-order chi connectivity index (χ0) is 10.1. The smallest absolute Gasteiger partial charge is 0.311 e. The summed E-state index contributed by atoms with van der Waals surface area (Å²) in [6, 6.07) is 1.30. The SMILES string of the molecule is CC(C)(C(=O)O)C(N)c1cc[nH]c1. The van der Waals surface area contributed by atoms with Crippen LogP contribution >= 0.6 is 0 Å². The lowest BCUT2D eigenvalue weighted by atomic mass is 9.82.